The van der Waals surface area contributed by atoms with Crippen LogP contribution in [0.4, 0.5) is 0 Å². The molecule has 0 saturated carbocycles. The van der Waals surface area contributed by atoms with Gasteiger partial charge in [-0.05, 0) is 42.0 Å². The second kappa shape index (κ2) is 4.80. The van der Waals surface area contributed by atoms with E-state index < -0.39 is 9.84 Å². The number of hydrogen-bond acceptors (Lipinski definition) is 4. The lowest BCUT2D eigenvalue weighted by Gasteiger charge is -2.05. The lowest BCUT2D eigenvalue weighted by molar-refractivity contribution is 0.475. The van der Waals surface area contributed by atoms with Gasteiger partial charge in [-0.1, -0.05) is 12.1 Å². The molecule has 94 valence electrons. The van der Waals surface area contributed by atoms with Crippen molar-refractivity contribution in [2.45, 2.75) is 16.3 Å². The quantitative estimate of drug-likeness (QED) is 0.883. The highest BCUT2D eigenvalue weighted by Gasteiger charge is 2.17. The Labute approximate surface area is 106 Å². The first-order chi connectivity index (χ1) is 8.54. The molecule has 18 heavy (non-hydrogen) atoms. The van der Waals surface area contributed by atoms with Crippen molar-refractivity contribution >= 4 is 9.84 Å². The molecule has 0 radical (unpaired) electrons. The van der Waals surface area contributed by atoms with Gasteiger partial charge in [0.1, 0.15) is 5.75 Å². The van der Waals surface area contributed by atoms with Crippen LogP contribution in [-0.4, -0.2) is 13.5 Å². The van der Waals surface area contributed by atoms with Crippen LogP contribution in [0.25, 0.3) is 0 Å². The minimum atomic E-state index is -3.53. The predicted molar refractivity (Wildman–Crippen MR) is 67.9 cm³/mol. The third kappa shape index (κ3) is 2.37. The molecule has 0 aliphatic heterocycles. The van der Waals surface area contributed by atoms with Crippen molar-refractivity contribution in [3.63, 3.8) is 0 Å². The minimum absolute atomic E-state index is 0.0347. The molecule has 0 amide bonds. The zero-order valence-electron chi connectivity index (χ0n) is 9.58. The van der Waals surface area contributed by atoms with Crippen molar-refractivity contribution in [2.75, 3.05) is 0 Å². The summed E-state index contributed by atoms with van der Waals surface area (Å²) in [4.78, 5) is 0.367. The van der Waals surface area contributed by atoms with E-state index in [0.29, 0.717) is 6.54 Å². The average molecular weight is 263 g/mol. The first-order valence-corrected chi connectivity index (χ1v) is 6.85. The maximum Gasteiger partial charge on any atom is 0.206 e. The van der Waals surface area contributed by atoms with Gasteiger partial charge in [-0.25, -0.2) is 8.42 Å². The molecule has 0 heterocycles. The number of phenols is 1. The summed E-state index contributed by atoms with van der Waals surface area (Å²) >= 11 is 0. The molecule has 0 spiro atoms. The van der Waals surface area contributed by atoms with E-state index in [-0.39, 0.29) is 15.5 Å². The standard InChI is InChI=1S/C13H13NO3S/c14-9-10-1-5-12(6-2-10)18(16,17)13-7-3-11(15)4-8-13/h1-8,15H,9,14H2. The van der Waals surface area contributed by atoms with Gasteiger partial charge in [0.05, 0.1) is 9.79 Å². The second-order valence-electron chi connectivity index (χ2n) is 3.85. The molecule has 3 N–H and O–H groups in total. The summed E-state index contributed by atoms with van der Waals surface area (Å²) in [6.07, 6.45) is 0. The molecule has 0 fully saturated rings. The minimum Gasteiger partial charge on any atom is -0.508 e. The number of benzene rings is 2. The monoisotopic (exact) mass is 263 g/mol. The Hall–Kier alpha value is -1.85. The topological polar surface area (TPSA) is 80.4 Å². The fraction of sp³-hybridized carbons (Fsp3) is 0.0769. The van der Waals surface area contributed by atoms with Crippen LogP contribution in [0.1, 0.15) is 5.56 Å². The van der Waals surface area contributed by atoms with Crippen LogP contribution >= 0.6 is 0 Å². The van der Waals surface area contributed by atoms with Gasteiger partial charge >= 0.3 is 0 Å². The van der Waals surface area contributed by atoms with Gasteiger partial charge in [0.25, 0.3) is 0 Å². The number of phenolic OH excluding ortho intramolecular Hbond substituents is 1. The van der Waals surface area contributed by atoms with E-state index in [4.69, 9.17) is 10.8 Å². The summed E-state index contributed by atoms with van der Waals surface area (Å²) in [5, 5.41) is 9.15. The van der Waals surface area contributed by atoms with Crippen LogP contribution in [0.3, 0.4) is 0 Å². The maximum absolute atomic E-state index is 12.2. The third-order valence-electron chi connectivity index (χ3n) is 2.62. The maximum atomic E-state index is 12.2. The Bertz CT molecular complexity index is 631. The summed E-state index contributed by atoms with van der Waals surface area (Å²) in [5.41, 5.74) is 6.33. The lowest BCUT2D eigenvalue weighted by Crippen LogP contribution is -2.02. The summed E-state index contributed by atoms with van der Waals surface area (Å²) < 4.78 is 24.5. The Morgan fingerprint density at radius 3 is 1.78 bits per heavy atom. The van der Waals surface area contributed by atoms with Crippen molar-refractivity contribution in [3.8, 4) is 5.75 Å². The highest BCUT2D eigenvalue weighted by Crippen LogP contribution is 2.22. The fourth-order valence-electron chi connectivity index (χ4n) is 1.57. The first-order valence-electron chi connectivity index (χ1n) is 5.37. The largest absolute Gasteiger partial charge is 0.508 e. The van der Waals surface area contributed by atoms with Crippen molar-refractivity contribution < 1.29 is 13.5 Å². The van der Waals surface area contributed by atoms with E-state index in [0.717, 1.165) is 5.56 Å². The molecular formula is C13H13NO3S. The van der Waals surface area contributed by atoms with Gasteiger partial charge in [-0.2, -0.15) is 0 Å². The highest BCUT2D eigenvalue weighted by atomic mass is 32.2. The van der Waals surface area contributed by atoms with Crippen molar-refractivity contribution in [1.29, 1.82) is 0 Å². The van der Waals surface area contributed by atoms with E-state index in [9.17, 15) is 8.42 Å². The molecule has 0 unspecified atom stereocenters. The molecule has 0 aromatic heterocycles. The Kier molecular flexibility index (Phi) is 3.36. The number of aromatic hydroxyl groups is 1. The van der Waals surface area contributed by atoms with Gasteiger partial charge in [-0.15, -0.1) is 0 Å². The molecule has 0 atom stereocenters. The van der Waals surface area contributed by atoms with Crippen molar-refractivity contribution in [2.24, 2.45) is 5.73 Å². The SMILES string of the molecule is NCc1ccc(S(=O)(=O)c2ccc(O)cc2)cc1. The molecule has 4 nitrogen and oxygen atoms in total. The second-order valence-corrected chi connectivity index (χ2v) is 5.80. The fourth-order valence-corrected chi connectivity index (χ4v) is 2.83. The molecule has 0 saturated heterocycles. The summed E-state index contributed by atoms with van der Waals surface area (Å²) in [6.45, 7) is 0.375. The predicted octanol–water partition coefficient (Wildman–Crippen LogP) is 1.68. The van der Waals surface area contributed by atoms with Crippen LogP contribution in [0.5, 0.6) is 5.75 Å². The highest BCUT2D eigenvalue weighted by molar-refractivity contribution is 7.91. The zero-order valence-corrected chi connectivity index (χ0v) is 10.4. The smallest absolute Gasteiger partial charge is 0.206 e. The van der Waals surface area contributed by atoms with Crippen LogP contribution in [0.15, 0.2) is 58.3 Å². The summed E-state index contributed by atoms with van der Waals surface area (Å²) in [7, 11) is -3.53. The number of rotatable bonds is 3. The number of nitrogens with two attached hydrogens (primary N) is 1. The van der Waals surface area contributed by atoms with E-state index >= 15 is 0 Å². The zero-order chi connectivity index (χ0) is 13.2. The van der Waals surface area contributed by atoms with Crippen LogP contribution in [0.2, 0.25) is 0 Å². The third-order valence-corrected chi connectivity index (χ3v) is 4.40. The summed E-state index contributed by atoms with van der Waals surface area (Å²) in [5.74, 6) is 0.0347. The van der Waals surface area contributed by atoms with Gasteiger partial charge in [0, 0.05) is 6.54 Å². The number of sulfone groups is 1. The molecule has 2 aromatic carbocycles. The molecule has 2 rings (SSSR count). The van der Waals surface area contributed by atoms with Crippen LogP contribution in [-0.2, 0) is 16.4 Å². The van der Waals surface area contributed by atoms with E-state index in [1.54, 1.807) is 12.1 Å². The molecule has 0 bridgehead atoms. The van der Waals surface area contributed by atoms with Gasteiger partial charge < -0.3 is 10.8 Å². The first kappa shape index (κ1) is 12.6. The van der Waals surface area contributed by atoms with E-state index in [2.05, 4.69) is 0 Å². The molecule has 5 heteroatoms. The Balaban J connectivity index is 2.44. The normalized spacial score (nSPS) is 11.4. The summed E-state index contributed by atoms with van der Waals surface area (Å²) in [6, 6.07) is 11.9. The van der Waals surface area contributed by atoms with E-state index in [1.165, 1.54) is 36.4 Å². The van der Waals surface area contributed by atoms with Gasteiger partial charge in [0.2, 0.25) is 9.84 Å². The van der Waals surface area contributed by atoms with Gasteiger partial charge in [0.15, 0.2) is 0 Å². The molecule has 0 aliphatic carbocycles. The average Bonchev–Trinajstić information content (AvgIpc) is 2.39. The molecule has 2 aromatic rings. The Morgan fingerprint density at radius 1 is 0.889 bits per heavy atom. The molecule has 0 aliphatic rings. The Morgan fingerprint density at radius 2 is 1.33 bits per heavy atom. The van der Waals surface area contributed by atoms with Crippen LogP contribution in [0, 0.1) is 0 Å². The molecular weight excluding hydrogens is 250 g/mol. The van der Waals surface area contributed by atoms with Crippen molar-refractivity contribution in [1.82, 2.24) is 0 Å². The van der Waals surface area contributed by atoms with Crippen molar-refractivity contribution in [3.05, 3.63) is 54.1 Å². The van der Waals surface area contributed by atoms with E-state index in [1.807, 2.05) is 0 Å². The van der Waals surface area contributed by atoms with Gasteiger partial charge in [-0.3, -0.25) is 0 Å². The van der Waals surface area contributed by atoms with Crippen LogP contribution < -0.4 is 5.73 Å². The lowest BCUT2D eigenvalue weighted by atomic mass is 10.2. The number of hydrogen-bond donors (Lipinski definition) is 2.